The summed E-state index contributed by atoms with van der Waals surface area (Å²) in [6.45, 7) is 0.354. The van der Waals surface area contributed by atoms with Gasteiger partial charge in [-0.2, -0.15) is 18.2 Å². The third-order valence-corrected chi connectivity index (χ3v) is 2.71. The van der Waals surface area contributed by atoms with E-state index in [1.807, 2.05) is 0 Å². The summed E-state index contributed by atoms with van der Waals surface area (Å²) >= 11 is 0. The molecule has 0 saturated heterocycles. The highest BCUT2D eigenvalue weighted by molar-refractivity contribution is 7.88. The zero-order chi connectivity index (χ0) is 12.9. The van der Waals surface area contributed by atoms with E-state index in [-0.39, 0.29) is 6.54 Å². The summed E-state index contributed by atoms with van der Waals surface area (Å²) < 4.78 is 31.8. The lowest BCUT2D eigenvalue weighted by Gasteiger charge is -2.07. The minimum atomic E-state index is -3.90. The van der Waals surface area contributed by atoms with Gasteiger partial charge in [-0.25, -0.2) is 9.52 Å². The third kappa shape index (κ3) is 4.70. The van der Waals surface area contributed by atoms with Crippen LogP contribution in [-0.2, 0) is 21.5 Å². The van der Waals surface area contributed by atoms with Gasteiger partial charge in [-0.3, -0.25) is 4.68 Å². The van der Waals surface area contributed by atoms with E-state index >= 15 is 0 Å². The fraction of sp³-hybridized carbons (Fsp3) is 0.429. The first kappa shape index (κ1) is 13.3. The average molecular weight is 263 g/mol. The molecule has 0 saturated carbocycles. The molecular weight excluding hydrogens is 250 g/mol. The lowest BCUT2D eigenvalue weighted by molar-refractivity contribution is 0.177. The topological polar surface area (TPSA) is 128 Å². The van der Waals surface area contributed by atoms with E-state index in [2.05, 4.69) is 14.6 Å². The third-order valence-electron chi connectivity index (χ3n) is 1.69. The zero-order valence-electron chi connectivity index (χ0n) is 9.08. The maximum Gasteiger partial charge on any atom is 0.421 e. The number of amides is 1. The monoisotopic (exact) mass is 263 g/mol. The van der Waals surface area contributed by atoms with Gasteiger partial charge >= 0.3 is 16.3 Å². The quantitative estimate of drug-likeness (QED) is 0.603. The van der Waals surface area contributed by atoms with Gasteiger partial charge in [0, 0.05) is 12.7 Å². The molecule has 9 nitrogen and oxygen atoms in total. The summed E-state index contributed by atoms with van der Waals surface area (Å²) in [6.07, 6.45) is 1.95. The SMILES string of the molecule is COC(=O)NS(=O)(=O)NCCn1cc(N)cn1. The highest BCUT2D eigenvalue weighted by atomic mass is 32.2. The van der Waals surface area contributed by atoms with Crippen LogP contribution in [0.5, 0.6) is 0 Å². The number of nitrogen functional groups attached to an aromatic ring is 1. The Kier molecular flexibility index (Phi) is 4.29. The Balaban J connectivity index is 2.37. The second kappa shape index (κ2) is 5.50. The lowest BCUT2D eigenvalue weighted by Crippen LogP contribution is -2.41. The number of rotatable bonds is 5. The molecule has 0 atom stereocenters. The van der Waals surface area contributed by atoms with E-state index in [9.17, 15) is 13.2 Å². The highest BCUT2D eigenvalue weighted by Gasteiger charge is 2.13. The molecule has 0 aliphatic rings. The first-order valence-electron chi connectivity index (χ1n) is 4.56. The van der Waals surface area contributed by atoms with Crippen molar-refractivity contribution in [3.8, 4) is 0 Å². The van der Waals surface area contributed by atoms with Crippen LogP contribution in [0.4, 0.5) is 10.5 Å². The Bertz CT molecular complexity index is 482. The molecule has 4 N–H and O–H groups in total. The molecule has 1 rings (SSSR count). The van der Waals surface area contributed by atoms with Gasteiger partial charge in [0.1, 0.15) is 0 Å². The maximum atomic E-state index is 11.2. The number of aromatic nitrogens is 2. The Morgan fingerprint density at radius 3 is 2.88 bits per heavy atom. The number of methoxy groups -OCH3 is 1. The molecule has 0 fully saturated rings. The van der Waals surface area contributed by atoms with Gasteiger partial charge in [0.2, 0.25) is 0 Å². The van der Waals surface area contributed by atoms with Crippen molar-refractivity contribution in [1.82, 2.24) is 19.2 Å². The molecule has 1 aromatic rings. The Hall–Kier alpha value is -1.81. The first-order chi connectivity index (χ1) is 7.93. The minimum absolute atomic E-state index is 0.0629. The van der Waals surface area contributed by atoms with Crippen LogP contribution in [0, 0.1) is 0 Å². The van der Waals surface area contributed by atoms with Gasteiger partial charge in [0.05, 0.1) is 25.5 Å². The molecular formula is C7H13N5O4S. The van der Waals surface area contributed by atoms with Crippen LogP contribution in [0.15, 0.2) is 12.4 Å². The number of hydrogen-bond acceptors (Lipinski definition) is 6. The van der Waals surface area contributed by atoms with E-state index in [1.54, 1.807) is 10.9 Å². The molecule has 0 bridgehead atoms. The Morgan fingerprint density at radius 1 is 1.65 bits per heavy atom. The molecule has 0 aliphatic carbocycles. The van der Waals surface area contributed by atoms with Crippen LogP contribution in [0.3, 0.4) is 0 Å². The van der Waals surface area contributed by atoms with Crippen LogP contribution in [0.1, 0.15) is 0 Å². The first-order valence-corrected chi connectivity index (χ1v) is 6.04. The van der Waals surface area contributed by atoms with Crippen LogP contribution in [0.2, 0.25) is 0 Å². The Morgan fingerprint density at radius 2 is 2.35 bits per heavy atom. The van der Waals surface area contributed by atoms with Crippen molar-refractivity contribution in [2.45, 2.75) is 6.54 Å². The molecule has 0 aliphatic heterocycles. The smallest absolute Gasteiger partial charge is 0.421 e. The van der Waals surface area contributed by atoms with Gasteiger partial charge in [-0.1, -0.05) is 0 Å². The number of nitrogens with two attached hydrogens (primary N) is 1. The van der Waals surface area contributed by atoms with Gasteiger partial charge in [-0.15, -0.1) is 0 Å². The van der Waals surface area contributed by atoms with E-state index in [4.69, 9.17) is 5.73 Å². The molecule has 1 aromatic heterocycles. The maximum absolute atomic E-state index is 11.2. The molecule has 1 heterocycles. The zero-order valence-corrected chi connectivity index (χ0v) is 9.90. The van der Waals surface area contributed by atoms with Crippen LogP contribution < -0.4 is 15.2 Å². The summed E-state index contributed by atoms with van der Waals surface area (Å²) in [5.41, 5.74) is 5.91. The fourth-order valence-electron chi connectivity index (χ4n) is 0.984. The second-order valence-electron chi connectivity index (χ2n) is 3.03. The molecule has 1 amide bonds. The van der Waals surface area contributed by atoms with Gasteiger partial charge < -0.3 is 10.5 Å². The van der Waals surface area contributed by atoms with Gasteiger partial charge in [-0.05, 0) is 0 Å². The minimum Gasteiger partial charge on any atom is -0.452 e. The second-order valence-corrected chi connectivity index (χ2v) is 4.53. The number of carbonyl (C=O) groups is 1. The van der Waals surface area contributed by atoms with E-state index in [1.165, 1.54) is 10.9 Å². The normalized spacial score (nSPS) is 11.1. The molecule has 0 radical (unpaired) electrons. The van der Waals surface area contributed by atoms with Crippen LogP contribution in [-0.4, -0.2) is 37.9 Å². The molecule has 0 spiro atoms. The van der Waals surface area contributed by atoms with E-state index < -0.39 is 16.3 Å². The predicted molar refractivity (Wildman–Crippen MR) is 59.1 cm³/mol. The predicted octanol–water partition coefficient (Wildman–Crippen LogP) is -1.34. The number of ether oxygens (including phenoxy) is 1. The molecule has 0 unspecified atom stereocenters. The van der Waals surface area contributed by atoms with E-state index in [0.29, 0.717) is 12.2 Å². The van der Waals surface area contributed by atoms with Crippen molar-refractivity contribution in [1.29, 1.82) is 0 Å². The number of carbonyl (C=O) groups excluding carboxylic acids is 1. The summed E-state index contributed by atoms with van der Waals surface area (Å²) in [4.78, 5) is 10.7. The van der Waals surface area contributed by atoms with Crippen LogP contribution >= 0.6 is 0 Å². The molecule has 0 aromatic carbocycles. The summed E-state index contributed by atoms with van der Waals surface area (Å²) in [6, 6.07) is 0. The highest BCUT2D eigenvalue weighted by Crippen LogP contribution is 1.96. The number of nitrogens with one attached hydrogen (secondary N) is 2. The summed E-state index contributed by atoms with van der Waals surface area (Å²) in [5, 5.41) is 3.86. The molecule has 17 heavy (non-hydrogen) atoms. The van der Waals surface area contributed by atoms with Crippen molar-refractivity contribution < 1.29 is 17.9 Å². The van der Waals surface area contributed by atoms with Crippen molar-refractivity contribution in [3.05, 3.63) is 12.4 Å². The van der Waals surface area contributed by atoms with Crippen molar-refractivity contribution in [2.75, 3.05) is 19.4 Å². The average Bonchev–Trinajstić information content (AvgIpc) is 2.63. The van der Waals surface area contributed by atoms with Crippen molar-refractivity contribution >= 4 is 22.0 Å². The Labute approximate surface area is 98.1 Å². The number of hydrogen-bond donors (Lipinski definition) is 3. The molecule has 10 heteroatoms. The van der Waals surface area contributed by atoms with Gasteiger partial charge in [0.25, 0.3) is 0 Å². The lowest BCUT2D eigenvalue weighted by atomic mass is 10.6. The largest absolute Gasteiger partial charge is 0.452 e. The van der Waals surface area contributed by atoms with Crippen LogP contribution in [0.25, 0.3) is 0 Å². The standard InChI is InChI=1S/C7H13N5O4S/c1-16-7(13)11-17(14,15)10-2-3-12-5-6(8)4-9-12/h4-5,10H,2-3,8H2,1H3,(H,11,13). The molecule has 96 valence electrons. The van der Waals surface area contributed by atoms with Gasteiger partial charge in [0.15, 0.2) is 0 Å². The summed E-state index contributed by atoms with van der Waals surface area (Å²) in [7, 11) is -2.84. The number of anilines is 1. The number of nitrogens with zero attached hydrogens (tertiary/aromatic N) is 2. The fourth-order valence-corrected chi connectivity index (χ4v) is 1.72. The van der Waals surface area contributed by atoms with E-state index in [0.717, 1.165) is 7.11 Å². The van der Waals surface area contributed by atoms with Crippen molar-refractivity contribution in [3.63, 3.8) is 0 Å². The van der Waals surface area contributed by atoms with Crippen molar-refractivity contribution in [2.24, 2.45) is 0 Å². The summed E-state index contributed by atoms with van der Waals surface area (Å²) in [5.74, 6) is 0.